The molecule has 3 heterocycles. The monoisotopic (exact) mass is 550 g/mol. The molecule has 0 aliphatic carbocycles. The number of nitrogens with zero attached hydrogens (tertiary/aromatic N) is 3. The summed E-state index contributed by atoms with van der Waals surface area (Å²) in [7, 11) is 1.53. The van der Waals surface area contributed by atoms with Gasteiger partial charge in [-0.15, -0.1) is 0 Å². The molecule has 1 amide bonds. The second kappa shape index (κ2) is 10.7. The highest BCUT2D eigenvalue weighted by Crippen LogP contribution is 2.40. The third kappa shape index (κ3) is 5.46. The van der Waals surface area contributed by atoms with Crippen LogP contribution in [0.2, 0.25) is 0 Å². The van der Waals surface area contributed by atoms with Crippen molar-refractivity contribution in [2.75, 3.05) is 17.7 Å². The molecule has 0 radical (unpaired) electrons. The van der Waals surface area contributed by atoms with Gasteiger partial charge in [-0.1, -0.05) is 13.0 Å². The number of phenols is 1. The van der Waals surface area contributed by atoms with Crippen LogP contribution in [0.25, 0.3) is 11.1 Å². The van der Waals surface area contributed by atoms with Gasteiger partial charge in [-0.2, -0.15) is 13.2 Å². The quantitative estimate of drug-likeness (QED) is 0.245. The Morgan fingerprint density at radius 3 is 2.62 bits per heavy atom. The third-order valence-corrected chi connectivity index (χ3v) is 6.38. The van der Waals surface area contributed by atoms with Gasteiger partial charge in [0, 0.05) is 28.6 Å². The first-order chi connectivity index (χ1) is 19.2. The van der Waals surface area contributed by atoms with Crippen molar-refractivity contribution in [3.63, 3.8) is 0 Å². The summed E-state index contributed by atoms with van der Waals surface area (Å²) in [6.45, 7) is 1.43. The van der Waals surface area contributed by atoms with E-state index in [0.717, 1.165) is 17.2 Å². The lowest BCUT2D eigenvalue weighted by molar-refractivity contribution is -0.141. The average Bonchev–Trinajstić information content (AvgIpc) is 3.38. The van der Waals surface area contributed by atoms with Crippen molar-refractivity contribution in [1.29, 1.82) is 0 Å². The summed E-state index contributed by atoms with van der Waals surface area (Å²) in [5.74, 6) is -0.107. The summed E-state index contributed by atoms with van der Waals surface area (Å²) < 4.78 is 44.9. The molecule has 0 saturated heterocycles. The van der Waals surface area contributed by atoms with Gasteiger partial charge in [-0.3, -0.25) is 4.79 Å². The Morgan fingerprint density at radius 1 is 1.07 bits per heavy atom. The zero-order valence-electron chi connectivity index (χ0n) is 21.5. The Balaban J connectivity index is 1.32. The van der Waals surface area contributed by atoms with Gasteiger partial charge in [0.1, 0.15) is 23.4 Å². The van der Waals surface area contributed by atoms with Crippen LogP contribution >= 0.6 is 0 Å². The summed E-state index contributed by atoms with van der Waals surface area (Å²) >= 11 is 0. The van der Waals surface area contributed by atoms with Gasteiger partial charge in [0.25, 0.3) is 5.91 Å². The Hall–Kier alpha value is -4.87. The highest BCUT2D eigenvalue weighted by Gasteiger charge is 2.33. The number of fused-ring (bicyclic) bond motifs is 1. The van der Waals surface area contributed by atoms with E-state index in [1.165, 1.54) is 7.11 Å². The molecule has 0 bridgehead atoms. The number of nitrogens with one attached hydrogen (secondary N) is 3. The van der Waals surface area contributed by atoms with Crippen LogP contribution in [0.15, 0.2) is 60.8 Å². The second-order valence-corrected chi connectivity index (χ2v) is 9.01. The maximum atomic E-state index is 13.2. The number of pyridine rings is 1. The van der Waals surface area contributed by atoms with Crippen molar-refractivity contribution in [2.45, 2.75) is 32.2 Å². The lowest BCUT2D eigenvalue weighted by Gasteiger charge is -2.16. The molecule has 1 aliphatic heterocycles. The number of aromatic nitrogens is 3. The zero-order chi connectivity index (χ0) is 28.4. The Bertz CT molecular complexity index is 1580. The van der Waals surface area contributed by atoms with Crippen LogP contribution in [-0.2, 0) is 19.1 Å². The van der Waals surface area contributed by atoms with E-state index in [4.69, 9.17) is 4.74 Å². The molecule has 1 unspecified atom stereocenters. The van der Waals surface area contributed by atoms with Crippen molar-refractivity contribution in [3.05, 3.63) is 89.1 Å². The summed E-state index contributed by atoms with van der Waals surface area (Å²) in [6, 6.07) is 14.6. The number of amides is 1. The number of carbonyl (C=O) groups excluding carboxylic acids is 1. The van der Waals surface area contributed by atoms with E-state index in [2.05, 4.69) is 30.9 Å². The Labute approximate surface area is 227 Å². The summed E-state index contributed by atoms with van der Waals surface area (Å²) in [5.41, 5.74) is 2.92. The number of carbonyl (C=O) groups is 1. The molecular weight excluding hydrogens is 525 g/mol. The number of rotatable bonds is 7. The van der Waals surface area contributed by atoms with Crippen LogP contribution in [0.3, 0.4) is 0 Å². The lowest BCUT2D eigenvalue weighted by Crippen LogP contribution is -2.25. The zero-order valence-corrected chi connectivity index (χ0v) is 21.5. The van der Waals surface area contributed by atoms with E-state index < -0.39 is 23.9 Å². The van der Waals surface area contributed by atoms with E-state index in [1.807, 2.05) is 12.1 Å². The smallest absolute Gasteiger partial charge is 0.433 e. The van der Waals surface area contributed by atoms with Crippen LogP contribution in [-0.4, -0.2) is 33.1 Å². The standard InChI is InChI=1S/C28H25F3N6O3/c1-3-17-13-23(28(29,30)31)37-24(34-17)14-33-26(39)16-6-8-20-21(12-16)36-25(35-20)19-11-15(7-9-22(19)38)18-5-4-10-32-27(18)40-2/h4-13,25,35-36,38H,3,14H2,1-2H3,(H,33,39). The average molecular weight is 551 g/mol. The number of hydrogen-bond acceptors (Lipinski definition) is 8. The van der Waals surface area contributed by atoms with E-state index in [9.17, 15) is 23.1 Å². The van der Waals surface area contributed by atoms with Crippen LogP contribution in [0.5, 0.6) is 11.6 Å². The van der Waals surface area contributed by atoms with Crippen LogP contribution < -0.4 is 20.7 Å². The normalized spacial score (nSPS) is 14.2. The molecule has 2 aromatic carbocycles. The van der Waals surface area contributed by atoms with Crippen molar-refractivity contribution < 1.29 is 27.8 Å². The number of methoxy groups -OCH3 is 1. The summed E-state index contributed by atoms with van der Waals surface area (Å²) in [5, 5.41) is 19.7. The van der Waals surface area contributed by atoms with Gasteiger partial charge < -0.3 is 25.8 Å². The molecular formula is C28H25F3N6O3. The van der Waals surface area contributed by atoms with E-state index in [1.54, 1.807) is 49.5 Å². The third-order valence-electron chi connectivity index (χ3n) is 6.38. The van der Waals surface area contributed by atoms with Crippen molar-refractivity contribution in [3.8, 4) is 22.8 Å². The number of halogens is 3. The number of ether oxygens (including phenoxy) is 1. The Kier molecular flexibility index (Phi) is 7.16. The van der Waals surface area contributed by atoms with Crippen molar-refractivity contribution in [1.82, 2.24) is 20.3 Å². The first-order valence-corrected chi connectivity index (χ1v) is 12.4. The molecule has 0 spiro atoms. The first-order valence-electron chi connectivity index (χ1n) is 12.4. The minimum atomic E-state index is -4.61. The van der Waals surface area contributed by atoms with Crippen molar-refractivity contribution >= 4 is 17.3 Å². The molecule has 40 heavy (non-hydrogen) atoms. The van der Waals surface area contributed by atoms with Gasteiger partial charge >= 0.3 is 6.18 Å². The summed E-state index contributed by atoms with van der Waals surface area (Å²) in [4.78, 5) is 24.7. The molecule has 12 heteroatoms. The van der Waals surface area contributed by atoms with Gasteiger partial charge in [0.2, 0.25) is 5.88 Å². The van der Waals surface area contributed by atoms with E-state index in [0.29, 0.717) is 29.2 Å². The number of aromatic hydroxyl groups is 1. The number of alkyl halides is 3. The molecule has 0 saturated carbocycles. The molecule has 5 rings (SSSR count). The van der Waals surface area contributed by atoms with Crippen LogP contribution in [0.1, 0.15) is 46.2 Å². The minimum absolute atomic E-state index is 0.0647. The molecule has 4 N–H and O–H groups in total. The molecule has 4 aromatic rings. The van der Waals surface area contributed by atoms with Gasteiger partial charge in [0.05, 0.1) is 25.0 Å². The van der Waals surface area contributed by atoms with Crippen LogP contribution in [0.4, 0.5) is 24.5 Å². The molecule has 9 nitrogen and oxygen atoms in total. The number of phenolic OH excluding ortho intramolecular Hbond substituents is 1. The maximum Gasteiger partial charge on any atom is 0.433 e. The van der Waals surface area contributed by atoms with E-state index in [-0.39, 0.29) is 29.4 Å². The maximum absolute atomic E-state index is 13.2. The molecule has 1 atom stereocenters. The molecule has 2 aromatic heterocycles. The fraction of sp³-hybridized carbons (Fsp3) is 0.214. The fourth-order valence-corrected chi connectivity index (χ4v) is 4.38. The van der Waals surface area contributed by atoms with Crippen LogP contribution in [0, 0.1) is 0 Å². The van der Waals surface area contributed by atoms with Gasteiger partial charge in [-0.05, 0) is 60.5 Å². The highest BCUT2D eigenvalue weighted by atomic mass is 19.4. The fourth-order valence-electron chi connectivity index (χ4n) is 4.38. The minimum Gasteiger partial charge on any atom is -0.508 e. The SMILES string of the molecule is CCc1cc(C(F)(F)F)nc(CNC(=O)c2ccc3c(c2)NC(c2cc(-c4cccnc4OC)ccc2O)N3)n1. The predicted octanol–water partition coefficient (Wildman–Crippen LogP) is 5.30. The van der Waals surface area contributed by atoms with E-state index >= 15 is 0 Å². The number of benzene rings is 2. The Morgan fingerprint density at radius 2 is 1.88 bits per heavy atom. The number of hydrogen-bond donors (Lipinski definition) is 4. The second-order valence-electron chi connectivity index (χ2n) is 9.01. The molecule has 0 fully saturated rings. The summed E-state index contributed by atoms with van der Waals surface area (Å²) in [6.07, 6.45) is -3.19. The lowest BCUT2D eigenvalue weighted by atomic mass is 10.0. The number of anilines is 2. The van der Waals surface area contributed by atoms with Crippen molar-refractivity contribution in [2.24, 2.45) is 0 Å². The topological polar surface area (TPSA) is 121 Å². The molecule has 206 valence electrons. The first kappa shape index (κ1) is 26.7. The van der Waals surface area contributed by atoms with Gasteiger partial charge in [0.15, 0.2) is 0 Å². The highest BCUT2D eigenvalue weighted by molar-refractivity contribution is 5.96. The predicted molar refractivity (Wildman–Crippen MR) is 142 cm³/mol. The largest absolute Gasteiger partial charge is 0.508 e. The van der Waals surface area contributed by atoms with Gasteiger partial charge in [-0.25, -0.2) is 15.0 Å². The molecule has 1 aliphatic rings. The number of aryl methyl sites for hydroxylation is 1.